The summed E-state index contributed by atoms with van der Waals surface area (Å²) < 4.78 is 0. The van der Waals surface area contributed by atoms with Crippen molar-refractivity contribution in [3.8, 4) is 0 Å². The quantitative estimate of drug-likeness (QED) is 0.466. The molecule has 0 spiro atoms. The number of amides is 1. The Kier molecular flexibility index (Phi) is 27.7. The van der Waals surface area contributed by atoms with Crippen LogP contribution in [0.15, 0.2) is 73.3 Å². The van der Waals surface area contributed by atoms with Crippen molar-refractivity contribution in [1.82, 2.24) is 5.32 Å². The molecule has 0 aromatic heterocycles. The summed E-state index contributed by atoms with van der Waals surface area (Å²) in [5.41, 5.74) is 1.96. The molecule has 0 aliphatic rings. The molecule has 0 radical (unpaired) electrons. The fourth-order valence-corrected chi connectivity index (χ4v) is 2.34. The number of hydrogen-bond acceptors (Lipinski definition) is 1. The van der Waals surface area contributed by atoms with E-state index in [9.17, 15) is 4.79 Å². The lowest BCUT2D eigenvalue weighted by Gasteiger charge is -2.17. The molecule has 2 aromatic carbocycles. The SMILES string of the molecule is C=CCCC(CNC(=O)c1ccccc1)c1ccccc1.CC.CC.CC.CC. The highest BCUT2D eigenvalue weighted by Crippen LogP contribution is 2.20. The van der Waals surface area contributed by atoms with Gasteiger partial charge >= 0.3 is 0 Å². The van der Waals surface area contributed by atoms with Gasteiger partial charge in [0.25, 0.3) is 5.91 Å². The van der Waals surface area contributed by atoms with Gasteiger partial charge in [0, 0.05) is 18.0 Å². The van der Waals surface area contributed by atoms with E-state index in [0.717, 1.165) is 12.8 Å². The van der Waals surface area contributed by atoms with Crippen molar-refractivity contribution >= 4 is 5.91 Å². The zero-order chi connectivity index (χ0) is 22.9. The standard InChI is InChI=1S/C19H21NO.4C2H6/c1-2-3-10-18(16-11-6-4-7-12-16)15-20-19(21)17-13-8-5-9-14-17;4*1-2/h2,4-9,11-14,18H,1,3,10,15H2,(H,20,21);4*1-2H3. The molecule has 2 nitrogen and oxygen atoms in total. The number of allylic oxidation sites excluding steroid dienone is 1. The molecule has 0 saturated heterocycles. The van der Waals surface area contributed by atoms with Crippen molar-refractivity contribution in [1.29, 1.82) is 0 Å². The molecule has 2 heteroatoms. The Morgan fingerprint density at radius 2 is 1.28 bits per heavy atom. The largest absolute Gasteiger partial charge is 0.351 e. The van der Waals surface area contributed by atoms with E-state index in [2.05, 4.69) is 24.0 Å². The van der Waals surface area contributed by atoms with E-state index in [1.165, 1.54) is 5.56 Å². The maximum absolute atomic E-state index is 12.1. The van der Waals surface area contributed by atoms with Crippen LogP contribution in [0.1, 0.15) is 90.1 Å². The zero-order valence-electron chi connectivity index (χ0n) is 20.2. The minimum atomic E-state index is -0.0184. The van der Waals surface area contributed by atoms with E-state index in [1.54, 1.807) is 0 Å². The predicted octanol–water partition coefficient (Wildman–Crippen LogP) is 8.27. The van der Waals surface area contributed by atoms with Crippen LogP contribution in [0.25, 0.3) is 0 Å². The fraction of sp³-hybridized carbons (Fsp3) is 0.444. The van der Waals surface area contributed by atoms with Gasteiger partial charge in [-0.2, -0.15) is 0 Å². The number of nitrogens with one attached hydrogen (secondary N) is 1. The molecule has 0 bridgehead atoms. The molecular formula is C27H45NO. The molecule has 0 aliphatic heterocycles. The maximum Gasteiger partial charge on any atom is 0.251 e. The van der Waals surface area contributed by atoms with Crippen LogP contribution in [0, 0.1) is 0 Å². The van der Waals surface area contributed by atoms with Crippen LogP contribution in [0.5, 0.6) is 0 Å². The average molecular weight is 400 g/mol. The minimum absolute atomic E-state index is 0.0184. The smallest absolute Gasteiger partial charge is 0.251 e. The van der Waals surface area contributed by atoms with Crippen LogP contribution in [-0.2, 0) is 0 Å². The zero-order valence-corrected chi connectivity index (χ0v) is 20.2. The van der Waals surface area contributed by atoms with Crippen LogP contribution in [0.2, 0.25) is 0 Å². The first-order valence-corrected chi connectivity index (χ1v) is 11.3. The Balaban J connectivity index is -0.000000754. The molecule has 1 amide bonds. The highest BCUT2D eigenvalue weighted by atomic mass is 16.1. The molecule has 0 saturated carbocycles. The third-order valence-corrected chi connectivity index (χ3v) is 3.54. The monoisotopic (exact) mass is 399 g/mol. The molecule has 0 heterocycles. The molecule has 1 atom stereocenters. The lowest BCUT2D eigenvalue weighted by molar-refractivity contribution is 0.0950. The van der Waals surface area contributed by atoms with Gasteiger partial charge in [-0.15, -0.1) is 6.58 Å². The van der Waals surface area contributed by atoms with Gasteiger partial charge < -0.3 is 5.32 Å². The Labute approximate surface area is 181 Å². The van der Waals surface area contributed by atoms with Gasteiger partial charge in [-0.1, -0.05) is 110 Å². The van der Waals surface area contributed by atoms with E-state index < -0.39 is 0 Å². The highest BCUT2D eigenvalue weighted by molar-refractivity contribution is 5.94. The number of carbonyl (C=O) groups excluding carboxylic acids is 1. The molecule has 1 N–H and O–H groups in total. The van der Waals surface area contributed by atoms with Crippen molar-refractivity contribution in [2.45, 2.75) is 74.1 Å². The average Bonchev–Trinajstić information content (AvgIpc) is 2.85. The number of rotatable bonds is 7. The summed E-state index contributed by atoms with van der Waals surface area (Å²) in [5.74, 6) is 0.298. The summed E-state index contributed by atoms with van der Waals surface area (Å²) in [5, 5.41) is 3.03. The summed E-state index contributed by atoms with van der Waals surface area (Å²) >= 11 is 0. The van der Waals surface area contributed by atoms with Crippen molar-refractivity contribution in [3.05, 3.63) is 84.4 Å². The van der Waals surface area contributed by atoms with E-state index in [-0.39, 0.29) is 5.91 Å². The van der Waals surface area contributed by atoms with Gasteiger partial charge in [-0.3, -0.25) is 4.79 Å². The number of benzene rings is 2. The second-order valence-corrected chi connectivity index (χ2v) is 5.05. The first kappa shape index (κ1) is 31.3. The Hall–Kier alpha value is -2.35. The van der Waals surface area contributed by atoms with Crippen molar-refractivity contribution in [2.75, 3.05) is 6.54 Å². The summed E-state index contributed by atoms with van der Waals surface area (Å²) in [6, 6.07) is 19.6. The molecule has 1 unspecified atom stereocenters. The van der Waals surface area contributed by atoms with Crippen LogP contribution in [0.3, 0.4) is 0 Å². The van der Waals surface area contributed by atoms with Crippen LogP contribution >= 0.6 is 0 Å². The van der Waals surface area contributed by atoms with Crippen molar-refractivity contribution < 1.29 is 4.79 Å². The molecule has 2 rings (SSSR count). The number of carbonyl (C=O) groups is 1. The van der Waals surface area contributed by atoms with E-state index in [4.69, 9.17) is 0 Å². The Morgan fingerprint density at radius 1 is 0.828 bits per heavy atom. The fourth-order valence-electron chi connectivity index (χ4n) is 2.34. The second kappa shape index (κ2) is 25.7. The lowest BCUT2D eigenvalue weighted by atomic mass is 9.94. The van der Waals surface area contributed by atoms with Gasteiger partial charge in [0.05, 0.1) is 0 Å². The third-order valence-electron chi connectivity index (χ3n) is 3.54. The maximum atomic E-state index is 12.1. The first-order valence-electron chi connectivity index (χ1n) is 11.3. The Bertz CT molecular complexity index is 564. The van der Waals surface area contributed by atoms with Gasteiger partial charge in [-0.25, -0.2) is 0 Å². The van der Waals surface area contributed by atoms with Gasteiger partial charge in [-0.05, 0) is 30.5 Å². The highest BCUT2D eigenvalue weighted by Gasteiger charge is 2.12. The lowest BCUT2D eigenvalue weighted by Crippen LogP contribution is -2.28. The predicted molar refractivity (Wildman–Crippen MR) is 133 cm³/mol. The summed E-state index contributed by atoms with van der Waals surface area (Å²) in [4.78, 5) is 12.1. The molecular weight excluding hydrogens is 354 g/mol. The van der Waals surface area contributed by atoms with E-state index in [0.29, 0.717) is 18.0 Å². The van der Waals surface area contributed by atoms with Gasteiger partial charge in [0.15, 0.2) is 0 Å². The summed E-state index contributed by atoms with van der Waals surface area (Å²) in [6.45, 7) is 20.4. The van der Waals surface area contributed by atoms with Crippen LogP contribution < -0.4 is 5.32 Å². The van der Waals surface area contributed by atoms with E-state index in [1.807, 2.05) is 110 Å². The van der Waals surface area contributed by atoms with Crippen LogP contribution in [0.4, 0.5) is 0 Å². The third kappa shape index (κ3) is 15.3. The summed E-state index contributed by atoms with van der Waals surface area (Å²) in [7, 11) is 0. The van der Waals surface area contributed by atoms with Crippen molar-refractivity contribution in [2.24, 2.45) is 0 Å². The van der Waals surface area contributed by atoms with Gasteiger partial charge in [0.1, 0.15) is 0 Å². The topological polar surface area (TPSA) is 29.1 Å². The molecule has 164 valence electrons. The summed E-state index contributed by atoms with van der Waals surface area (Å²) in [6.07, 6.45) is 3.86. The first-order chi connectivity index (χ1) is 14.3. The molecule has 2 aromatic rings. The molecule has 0 aliphatic carbocycles. The molecule has 29 heavy (non-hydrogen) atoms. The number of hydrogen-bond donors (Lipinski definition) is 1. The van der Waals surface area contributed by atoms with Gasteiger partial charge in [0.2, 0.25) is 0 Å². The van der Waals surface area contributed by atoms with E-state index >= 15 is 0 Å². The van der Waals surface area contributed by atoms with Crippen molar-refractivity contribution in [3.63, 3.8) is 0 Å². The van der Waals surface area contributed by atoms with Crippen LogP contribution in [-0.4, -0.2) is 12.5 Å². The Morgan fingerprint density at radius 3 is 1.72 bits per heavy atom. The molecule has 0 fully saturated rings. The minimum Gasteiger partial charge on any atom is -0.351 e. The normalized spacial score (nSPS) is 9.24. The second-order valence-electron chi connectivity index (χ2n) is 5.05.